The van der Waals surface area contributed by atoms with Gasteiger partial charge in [0.05, 0.1) is 11.5 Å². The summed E-state index contributed by atoms with van der Waals surface area (Å²) in [6.45, 7) is 3.79. The third-order valence-corrected chi connectivity index (χ3v) is 9.37. The van der Waals surface area contributed by atoms with Gasteiger partial charge in [-0.3, -0.25) is 4.98 Å². The topological polar surface area (TPSA) is 102 Å². The SMILES string of the molecule is CCOc1ccc(S(=O)(=O)C(CNS(=O)(=O)c2ccc(C)s2)c2cccnc2)cc1. The van der Waals surface area contributed by atoms with Gasteiger partial charge in [-0.25, -0.2) is 21.6 Å². The summed E-state index contributed by atoms with van der Waals surface area (Å²) in [5.74, 6) is 0.558. The lowest BCUT2D eigenvalue weighted by molar-refractivity contribution is 0.340. The molecule has 1 aromatic carbocycles. The smallest absolute Gasteiger partial charge is 0.250 e. The van der Waals surface area contributed by atoms with Crippen LogP contribution in [0.5, 0.6) is 5.75 Å². The van der Waals surface area contributed by atoms with Gasteiger partial charge < -0.3 is 4.74 Å². The quantitative estimate of drug-likeness (QED) is 0.519. The van der Waals surface area contributed by atoms with Crippen LogP contribution in [0.2, 0.25) is 0 Å². The number of sulfone groups is 1. The Bertz CT molecular complexity index is 1190. The molecule has 1 atom stereocenters. The van der Waals surface area contributed by atoms with Crippen LogP contribution in [0, 0.1) is 6.92 Å². The lowest BCUT2D eigenvalue weighted by Gasteiger charge is -2.19. The average molecular weight is 467 g/mol. The molecule has 3 aromatic rings. The maximum Gasteiger partial charge on any atom is 0.250 e. The summed E-state index contributed by atoms with van der Waals surface area (Å²) in [5, 5.41) is -1.14. The van der Waals surface area contributed by atoms with Crippen LogP contribution in [-0.2, 0) is 19.9 Å². The van der Waals surface area contributed by atoms with E-state index in [1.54, 1.807) is 37.3 Å². The first kappa shape index (κ1) is 22.4. The lowest BCUT2D eigenvalue weighted by atomic mass is 10.2. The molecular weight excluding hydrogens is 444 g/mol. The third kappa shape index (κ3) is 5.07. The zero-order valence-corrected chi connectivity index (χ0v) is 18.9. The van der Waals surface area contributed by atoms with Gasteiger partial charge in [0.1, 0.15) is 15.2 Å². The molecule has 0 fully saturated rings. The average Bonchev–Trinajstić information content (AvgIpc) is 3.17. The van der Waals surface area contributed by atoms with Gasteiger partial charge in [0.2, 0.25) is 10.0 Å². The standard InChI is InChI=1S/C20H22N2O5S3/c1-3-27-17-7-9-18(10-8-17)29(23,24)19(16-5-4-12-21-13-16)14-22-30(25,26)20-11-6-15(2)28-20/h4-13,19,22H,3,14H2,1-2H3. The van der Waals surface area contributed by atoms with Gasteiger partial charge in [-0.2, -0.15) is 0 Å². The van der Waals surface area contributed by atoms with Gasteiger partial charge in [0.15, 0.2) is 9.84 Å². The second-order valence-electron chi connectivity index (χ2n) is 6.44. The molecule has 2 aromatic heterocycles. The Balaban J connectivity index is 1.93. The van der Waals surface area contributed by atoms with Gasteiger partial charge in [-0.15, -0.1) is 11.3 Å². The first-order valence-electron chi connectivity index (χ1n) is 9.17. The zero-order chi connectivity index (χ0) is 21.8. The number of ether oxygens (including phenoxy) is 1. The fourth-order valence-corrected chi connectivity index (χ4v) is 6.97. The Labute approximate surface area is 180 Å². The molecular formula is C20H22N2O5S3. The molecule has 3 rings (SSSR count). The van der Waals surface area contributed by atoms with E-state index in [-0.39, 0.29) is 15.6 Å². The van der Waals surface area contributed by atoms with Crippen molar-refractivity contribution >= 4 is 31.2 Å². The van der Waals surface area contributed by atoms with Crippen LogP contribution in [-0.4, -0.2) is 35.0 Å². The highest BCUT2D eigenvalue weighted by atomic mass is 32.2. The van der Waals surface area contributed by atoms with Gasteiger partial charge in [-0.05, 0) is 61.9 Å². The summed E-state index contributed by atoms with van der Waals surface area (Å²) in [6, 6.07) is 12.5. The van der Waals surface area contributed by atoms with E-state index in [1.807, 2.05) is 6.92 Å². The van der Waals surface area contributed by atoms with Crippen LogP contribution in [0.15, 0.2) is 70.0 Å². The Morgan fingerprint density at radius 2 is 1.80 bits per heavy atom. The van der Waals surface area contributed by atoms with Crippen molar-refractivity contribution in [3.63, 3.8) is 0 Å². The highest BCUT2D eigenvalue weighted by molar-refractivity contribution is 7.92. The summed E-state index contributed by atoms with van der Waals surface area (Å²) in [6.07, 6.45) is 2.96. The van der Waals surface area contributed by atoms with Crippen LogP contribution >= 0.6 is 11.3 Å². The Hall–Kier alpha value is -2.27. The van der Waals surface area contributed by atoms with Crippen molar-refractivity contribution in [3.05, 3.63) is 71.4 Å². The second kappa shape index (κ2) is 9.25. The maximum atomic E-state index is 13.4. The number of pyridine rings is 1. The number of rotatable bonds is 9. The molecule has 30 heavy (non-hydrogen) atoms. The van der Waals surface area contributed by atoms with E-state index in [9.17, 15) is 16.8 Å². The molecule has 0 saturated carbocycles. The number of aromatic nitrogens is 1. The van der Waals surface area contributed by atoms with E-state index >= 15 is 0 Å². The van der Waals surface area contributed by atoms with E-state index in [1.165, 1.54) is 30.6 Å². The van der Waals surface area contributed by atoms with E-state index in [0.717, 1.165) is 16.2 Å². The Morgan fingerprint density at radius 3 is 2.37 bits per heavy atom. The number of benzene rings is 1. The second-order valence-corrected chi connectivity index (χ2v) is 11.9. The molecule has 2 heterocycles. The monoisotopic (exact) mass is 466 g/mol. The minimum atomic E-state index is -3.90. The molecule has 10 heteroatoms. The molecule has 1 N–H and O–H groups in total. The van der Waals surface area contributed by atoms with Crippen molar-refractivity contribution < 1.29 is 21.6 Å². The van der Waals surface area contributed by atoms with E-state index in [0.29, 0.717) is 17.9 Å². The van der Waals surface area contributed by atoms with Crippen molar-refractivity contribution in [3.8, 4) is 5.75 Å². The number of nitrogens with zero attached hydrogens (tertiary/aromatic N) is 1. The predicted octanol–water partition coefficient (Wildman–Crippen LogP) is 3.34. The lowest BCUT2D eigenvalue weighted by Crippen LogP contribution is -2.31. The van der Waals surface area contributed by atoms with Crippen molar-refractivity contribution in [2.75, 3.05) is 13.2 Å². The first-order chi connectivity index (χ1) is 14.2. The minimum absolute atomic E-state index is 0.0750. The van der Waals surface area contributed by atoms with E-state index in [4.69, 9.17) is 4.74 Å². The van der Waals surface area contributed by atoms with Crippen LogP contribution in [0.4, 0.5) is 0 Å². The van der Waals surface area contributed by atoms with Gasteiger partial charge in [0, 0.05) is 23.8 Å². The van der Waals surface area contributed by atoms with Crippen LogP contribution in [0.25, 0.3) is 0 Å². The van der Waals surface area contributed by atoms with E-state index < -0.39 is 25.1 Å². The number of hydrogen-bond acceptors (Lipinski definition) is 7. The van der Waals surface area contributed by atoms with Crippen molar-refractivity contribution in [1.29, 1.82) is 0 Å². The highest BCUT2D eigenvalue weighted by Gasteiger charge is 2.31. The number of aryl methyl sites for hydroxylation is 1. The van der Waals surface area contributed by atoms with Crippen molar-refractivity contribution in [2.45, 2.75) is 28.2 Å². The molecule has 0 saturated heterocycles. The summed E-state index contributed by atoms with van der Waals surface area (Å²) >= 11 is 1.13. The molecule has 0 aliphatic carbocycles. The molecule has 0 amide bonds. The van der Waals surface area contributed by atoms with Crippen LogP contribution in [0.1, 0.15) is 22.6 Å². The largest absolute Gasteiger partial charge is 0.494 e. The number of hydrogen-bond donors (Lipinski definition) is 1. The predicted molar refractivity (Wildman–Crippen MR) is 116 cm³/mol. The first-order valence-corrected chi connectivity index (χ1v) is 13.0. The summed E-state index contributed by atoms with van der Waals surface area (Å²) in [4.78, 5) is 4.92. The molecule has 0 aliphatic heterocycles. The molecule has 160 valence electrons. The van der Waals surface area contributed by atoms with Gasteiger partial charge in [-0.1, -0.05) is 6.07 Å². The summed E-state index contributed by atoms with van der Waals surface area (Å²) < 4.78 is 59.9. The number of thiophene rings is 1. The molecule has 1 unspecified atom stereocenters. The maximum absolute atomic E-state index is 13.4. The number of nitrogens with one attached hydrogen (secondary N) is 1. The minimum Gasteiger partial charge on any atom is -0.494 e. The molecule has 0 aliphatic rings. The normalized spacial score (nSPS) is 13.1. The third-order valence-electron chi connectivity index (χ3n) is 4.33. The fourth-order valence-electron chi connectivity index (χ4n) is 2.84. The molecule has 0 bridgehead atoms. The van der Waals surface area contributed by atoms with Gasteiger partial charge in [0.25, 0.3) is 0 Å². The van der Waals surface area contributed by atoms with Crippen LogP contribution < -0.4 is 9.46 Å². The number of sulfonamides is 1. The molecule has 7 nitrogen and oxygen atoms in total. The molecule has 0 spiro atoms. The van der Waals surface area contributed by atoms with Crippen molar-refractivity contribution in [1.82, 2.24) is 9.71 Å². The zero-order valence-electron chi connectivity index (χ0n) is 16.5. The summed E-state index contributed by atoms with van der Waals surface area (Å²) in [5.41, 5.74) is 0.399. The highest BCUT2D eigenvalue weighted by Crippen LogP contribution is 2.30. The molecule has 0 radical (unpaired) electrons. The van der Waals surface area contributed by atoms with Crippen LogP contribution in [0.3, 0.4) is 0 Å². The van der Waals surface area contributed by atoms with E-state index in [2.05, 4.69) is 9.71 Å². The van der Waals surface area contributed by atoms with Crippen molar-refractivity contribution in [2.24, 2.45) is 0 Å². The summed E-state index contributed by atoms with van der Waals surface area (Å²) in [7, 11) is -7.74. The fraction of sp³-hybridized carbons (Fsp3) is 0.250. The van der Waals surface area contributed by atoms with Gasteiger partial charge >= 0.3 is 0 Å². The Kier molecular flexibility index (Phi) is 6.91. The Morgan fingerprint density at radius 1 is 1.07 bits per heavy atom.